The minimum absolute atomic E-state index is 0.374. The van der Waals surface area contributed by atoms with Crippen LogP contribution in [0, 0.1) is 0 Å². The third-order valence-electron chi connectivity index (χ3n) is 2.58. The van der Waals surface area contributed by atoms with Gasteiger partial charge in [-0.2, -0.15) is 18.2 Å². The summed E-state index contributed by atoms with van der Waals surface area (Å²) in [6, 6.07) is 6.41. The molecule has 0 N–H and O–H groups in total. The molecule has 0 radical (unpaired) electrons. The van der Waals surface area contributed by atoms with E-state index < -0.39 is 11.7 Å². The molecule has 7 heteroatoms. The second kappa shape index (κ2) is 5.70. The molecule has 106 valence electrons. The van der Waals surface area contributed by atoms with Crippen LogP contribution < -0.4 is 4.74 Å². The van der Waals surface area contributed by atoms with Crippen molar-refractivity contribution in [2.45, 2.75) is 11.3 Å². The van der Waals surface area contributed by atoms with E-state index in [2.05, 4.69) is 9.97 Å². The van der Waals surface area contributed by atoms with Gasteiger partial charge >= 0.3 is 6.18 Å². The number of hydrogen-bond acceptors (Lipinski definition) is 4. The Hall–Kier alpha value is -1.76. The van der Waals surface area contributed by atoms with Crippen molar-refractivity contribution in [3.05, 3.63) is 35.9 Å². The highest BCUT2D eigenvalue weighted by atomic mass is 32.2. The van der Waals surface area contributed by atoms with Gasteiger partial charge in [0.15, 0.2) is 5.16 Å². The van der Waals surface area contributed by atoms with Crippen molar-refractivity contribution < 1.29 is 17.9 Å². The summed E-state index contributed by atoms with van der Waals surface area (Å²) in [7, 11) is 1.48. The standard InChI is InChI=1S/C13H11F3N2OS/c1-19-11-7-10(17-12(18-11)20-2)8-3-5-9(6-4-8)13(14,15)16/h3-7H,1-2H3. The van der Waals surface area contributed by atoms with Crippen LogP contribution >= 0.6 is 11.8 Å². The molecule has 0 aliphatic heterocycles. The van der Waals surface area contributed by atoms with Gasteiger partial charge in [0.2, 0.25) is 5.88 Å². The van der Waals surface area contributed by atoms with Crippen molar-refractivity contribution in [3.63, 3.8) is 0 Å². The van der Waals surface area contributed by atoms with Gasteiger partial charge in [-0.15, -0.1) is 0 Å². The highest BCUT2D eigenvalue weighted by molar-refractivity contribution is 7.98. The number of thioether (sulfide) groups is 1. The molecule has 1 heterocycles. The predicted octanol–water partition coefficient (Wildman–Crippen LogP) is 3.89. The number of aromatic nitrogens is 2. The Morgan fingerprint density at radius 3 is 2.25 bits per heavy atom. The average Bonchev–Trinajstić information content (AvgIpc) is 2.46. The molecule has 0 saturated heterocycles. The maximum atomic E-state index is 12.5. The summed E-state index contributed by atoms with van der Waals surface area (Å²) < 4.78 is 42.6. The van der Waals surface area contributed by atoms with E-state index in [1.54, 1.807) is 6.07 Å². The van der Waals surface area contributed by atoms with Crippen LogP contribution in [0.5, 0.6) is 5.88 Å². The van der Waals surface area contributed by atoms with Gasteiger partial charge < -0.3 is 4.74 Å². The van der Waals surface area contributed by atoms with Crippen LogP contribution in [0.4, 0.5) is 13.2 Å². The molecule has 3 nitrogen and oxygen atoms in total. The van der Waals surface area contributed by atoms with Gasteiger partial charge in [0.05, 0.1) is 18.4 Å². The SMILES string of the molecule is COc1cc(-c2ccc(C(F)(F)F)cc2)nc(SC)n1. The minimum Gasteiger partial charge on any atom is -0.481 e. The van der Waals surface area contributed by atoms with E-state index in [1.165, 1.54) is 31.0 Å². The number of benzene rings is 1. The molecule has 0 fully saturated rings. The zero-order valence-electron chi connectivity index (χ0n) is 10.7. The highest BCUT2D eigenvalue weighted by Crippen LogP contribution is 2.31. The summed E-state index contributed by atoms with van der Waals surface area (Å²) in [5.41, 5.74) is 0.413. The molecule has 2 rings (SSSR count). The smallest absolute Gasteiger partial charge is 0.416 e. The van der Waals surface area contributed by atoms with E-state index in [0.717, 1.165) is 12.1 Å². The third-order valence-corrected chi connectivity index (χ3v) is 3.13. The summed E-state index contributed by atoms with van der Waals surface area (Å²) in [5.74, 6) is 0.374. The number of halogens is 3. The minimum atomic E-state index is -4.34. The van der Waals surface area contributed by atoms with Crippen molar-refractivity contribution in [2.75, 3.05) is 13.4 Å². The Morgan fingerprint density at radius 1 is 1.10 bits per heavy atom. The molecule has 0 unspecified atom stereocenters. The van der Waals surface area contributed by atoms with E-state index in [-0.39, 0.29) is 0 Å². The highest BCUT2D eigenvalue weighted by Gasteiger charge is 2.30. The molecule has 1 aromatic carbocycles. The fourth-order valence-electron chi connectivity index (χ4n) is 1.58. The lowest BCUT2D eigenvalue weighted by Crippen LogP contribution is -2.04. The first kappa shape index (κ1) is 14.6. The van der Waals surface area contributed by atoms with E-state index in [0.29, 0.717) is 22.3 Å². The van der Waals surface area contributed by atoms with Crippen molar-refractivity contribution in [2.24, 2.45) is 0 Å². The second-order valence-corrected chi connectivity index (χ2v) is 4.63. The molecule has 0 amide bonds. The Morgan fingerprint density at radius 2 is 1.75 bits per heavy atom. The molecule has 0 bridgehead atoms. The van der Waals surface area contributed by atoms with Crippen molar-refractivity contribution >= 4 is 11.8 Å². The van der Waals surface area contributed by atoms with Gasteiger partial charge in [-0.1, -0.05) is 23.9 Å². The van der Waals surface area contributed by atoms with E-state index in [1.807, 2.05) is 6.26 Å². The Balaban J connectivity index is 2.41. The summed E-state index contributed by atoms with van der Waals surface area (Å²) in [6.45, 7) is 0. The van der Waals surface area contributed by atoms with Crippen LogP contribution in [0.15, 0.2) is 35.5 Å². The van der Waals surface area contributed by atoms with Gasteiger partial charge in [-0.25, -0.2) is 4.98 Å². The molecule has 0 saturated carbocycles. The first-order chi connectivity index (χ1) is 9.44. The largest absolute Gasteiger partial charge is 0.481 e. The van der Waals surface area contributed by atoms with Gasteiger partial charge in [-0.05, 0) is 18.4 Å². The van der Waals surface area contributed by atoms with Crippen LogP contribution in [-0.4, -0.2) is 23.3 Å². The average molecular weight is 300 g/mol. The summed E-state index contributed by atoms with van der Waals surface area (Å²) >= 11 is 1.33. The quantitative estimate of drug-likeness (QED) is 0.636. The third kappa shape index (κ3) is 3.22. The molecule has 1 aromatic heterocycles. The van der Waals surface area contributed by atoms with Crippen LogP contribution in [0.1, 0.15) is 5.56 Å². The van der Waals surface area contributed by atoms with Crippen molar-refractivity contribution in [3.8, 4) is 17.1 Å². The normalized spacial score (nSPS) is 11.4. The second-order valence-electron chi connectivity index (χ2n) is 3.86. The van der Waals surface area contributed by atoms with Crippen molar-refractivity contribution in [1.29, 1.82) is 0 Å². The Kier molecular flexibility index (Phi) is 4.17. The van der Waals surface area contributed by atoms with Gasteiger partial charge in [0, 0.05) is 11.6 Å². The molecule has 2 aromatic rings. The van der Waals surface area contributed by atoms with E-state index in [9.17, 15) is 13.2 Å². The Labute approximate surface area is 118 Å². The maximum absolute atomic E-state index is 12.5. The van der Waals surface area contributed by atoms with Gasteiger partial charge in [0.25, 0.3) is 0 Å². The number of hydrogen-bond donors (Lipinski definition) is 0. The number of nitrogens with zero attached hydrogens (tertiary/aromatic N) is 2. The molecule has 20 heavy (non-hydrogen) atoms. The summed E-state index contributed by atoms with van der Waals surface area (Å²) in [4.78, 5) is 8.35. The molecule has 0 aliphatic carbocycles. The van der Waals surface area contributed by atoms with Crippen LogP contribution in [0.25, 0.3) is 11.3 Å². The zero-order chi connectivity index (χ0) is 14.8. The number of methoxy groups -OCH3 is 1. The molecule has 0 aliphatic rings. The number of alkyl halides is 3. The Bertz CT molecular complexity index is 577. The van der Waals surface area contributed by atoms with E-state index >= 15 is 0 Å². The van der Waals surface area contributed by atoms with Crippen molar-refractivity contribution in [1.82, 2.24) is 9.97 Å². The summed E-state index contributed by atoms with van der Waals surface area (Å²) in [5, 5.41) is 0.499. The molecular weight excluding hydrogens is 289 g/mol. The molecule has 0 spiro atoms. The van der Waals surface area contributed by atoms with Crippen LogP contribution in [-0.2, 0) is 6.18 Å². The van der Waals surface area contributed by atoms with Crippen LogP contribution in [0.2, 0.25) is 0 Å². The lowest BCUT2D eigenvalue weighted by Gasteiger charge is -2.09. The van der Waals surface area contributed by atoms with Gasteiger partial charge in [-0.3, -0.25) is 0 Å². The lowest BCUT2D eigenvalue weighted by molar-refractivity contribution is -0.137. The summed E-state index contributed by atoms with van der Waals surface area (Å²) in [6.07, 6.45) is -2.53. The van der Waals surface area contributed by atoms with Gasteiger partial charge in [0.1, 0.15) is 0 Å². The first-order valence-electron chi connectivity index (χ1n) is 5.58. The lowest BCUT2D eigenvalue weighted by atomic mass is 10.1. The number of rotatable bonds is 3. The fourth-order valence-corrected chi connectivity index (χ4v) is 1.95. The maximum Gasteiger partial charge on any atom is 0.416 e. The number of ether oxygens (including phenoxy) is 1. The monoisotopic (exact) mass is 300 g/mol. The first-order valence-corrected chi connectivity index (χ1v) is 6.81. The fraction of sp³-hybridized carbons (Fsp3) is 0.231. The predicted molar refractivity (Wildman–Crippen MR) is 70.8 cm³/mol. The topological polar surface area (TPSA) is 35.0 Å². The molecule has 0 atom stereocenters. The van der Waals surface area contributed by atoms with Crippen LogP contribution in [0.3, 0.4) is 0 Å². The molecular formula is C13H11F3N2OS. The van der Waals surface area contributed by atoms with E-state index in [4.69, 9.17) is 4.74 Å². The zero-order valence-corrected chi connectivity index (χ0v) is 11.5.